The van der Waals surface area contributed by atoms with Crippen LogP contribution in [0.25, 0.3) is 22.2 Å². The fraction of sp³-hybridized carbons (Fsp3) is 0.350. The van der Waals surface area contributed by atoms with Crippen molar-refractivity contribution >= 4 is 28.8 Å². The molecule has 12 heteroatoms. The standard InChI is InChI=1S/C40H42N6O6/c1-26-9-10-28(22-41-26)29-19-30(21-31(20-29)39(50)52-3)36(47)45-16-12-32(34(23-45)27-7-5-4-6-8-27)37(48)44-17-13-40(51,14-18-44)24-46-25-42-35-33(38(46)49)11-15-43(35)2/h4-11,15,19-22,25,32,34,51H,12-14,16-18,23-24H2,1-3H3/t32-,34+/m1/s1. The molecule has 2 atom stereocenters. The molecule has 52 heavy (non-hydrogen) atoms. The highest BCUT2D eigenvalue weighted by Gasteiger charge is 2.42. The molecule has 2 aliphatic heterocycles. The summed E-state index contributed by atoms with van der Waals surface area (Å²) in [5.41, 5.74) is 3.10. The van der Waals surface area contributed by atoms with E-state index in [0.717, 1.165) is 16.8 Å². The summed E-state index contributed by atoms with van der Waals surface area (Å²) in [5, 5.41) is 12.0. The van der Waals surface area contributed by atoms with Crippen molar-refractivity contribution in [3.63, 3.8) is 0 Å². The van der Waals surface area contributed by atoms with Crippen LogP contribution in [0.1, 0.15) is 57.2 Å². The van der Waals surface area contributed by atoms with Gasteiger partial charge in [0.25, 0.3) is 11.5 Å². The van der Waals surface area contributed by atoms with E-state index in [-0.39, 0.29) is 41.3 Å². The van der Waals surface area contributed by atoms with Gasteiger partial charge in [-0.05, 0) is 67.6 Å². The maximum Gasteiger partial charge on any atom is 0.337 e. The third-order valence-corrected chi connectivity index (χ3v) is 10.6. The smallest absolute Gasteiger partial charge is 0.337 e. The van der Waals surface area contributed by atoms with E-state index in [1.165, 1.54) is 18.0 Å². The van der Waals surface area contributed by atoms with E-state index >= 15 is 0 Å². The third-order valence-electron chi connectivity index (χ3n) is 10.6. The van der Waals surface area contributed by atoms with Crippen LogP contribution in [0.4, 0.5) is 0 Å². The highest BCUT2D eigenvalue weighted by Crippen LogP contribution is 2.36. The highest BCUT2D eigenvalue weighted by molar-refractivity contribution is 6.00. The summed E-state index contributed by atoms with van der Waals surface area (Å²) >= 11 is 0. The van der Waals surface area contributed by atoms with Gasteiger partial charge in [0.2, 0.25) is 5.91 Å². The van der Waals surface area contributed by atoms with Gasteiger partial charge >= 0.3 is 5.97 Å². The Kier molecular flexibility index (Phi) is 9.50. The van der Waals surface area contributed by atoms with Gasteiger partial charge in [0.15, 0.2) is 0 Å². The van der Waals surface area contributed by atoms with E-state index in [1.807, 2.05) is 61.3 Å². The largest absolute Gasteiger partial charge is 0.465 e. The molecule has 1 N–H and O–H groups in total. The number of likely N-dealkylation sites (tertiary alicyclic amines) is 2. The van der Waals surface area contributed by atoms with E-state index in [0.29, 0.717) is 67.6 Å². The zero-order valence-corrected chi connectivity index (χ0v) is 29.6. The maximum absolute atomic E-state index is 14.2. The Labute approximate surface area is 301 Å². The molecular formula is C40H42N6O6. The zero-order valence-electron chi connectivity index (χ0n) is 29.6. The van der Waals surface area contributed by atoms with E-state index in [9.17, 15) is 24.3 Å². The van der Waals surface area contributed by atoms with Gasteiger partial charge < -0.3 is 24.2 Å². The van der Waals surface area contributed by atoms with Crippen LogP contribution in [0, 0.1) is 12.8 Å². The minimum atomic E-state index is -1.16. The van der Waals surface area contributed by atoms with E-state index in [1.54, 1.807) is 46.1 Å². The number of aromatic nitrogens is 4. The number of hydrogen-bond acceptors (Lipinski definition) is 8. The first-order chi connectivity index (χ1) is 25.0. The quantitative estimate of drug-likeness (QED) is 0.249. The van der Waals surface area contributed by atoms with Crippen molar-refractivity contribution in [1.29, 1.82) is 0 Å². The van der Waals surface area contributed by atoms with Crippen molar-refractivity contribution in [3.8, 4) is 11.1 Å². The number of rotatable bonds is 7. The number of piperidine rings is 2. The number of carbonyl (C=O) groups is 3. The van der Waals surface area contributed by atoms with Crippen molar-refractivity contribution in [2.45, 2.75) is 44.2 Å². The van der Waals surface area contributed by atoms with Crippen LogP contribution in [-0.4, -0.2) is 90.7 Å². The van der Waals surface area contributed by atoms with Crippen LogP contribution < -0.4 is 5.56 Å². The number of benzene rings is 2. The Hall–Kier alpha value is -5.62. The summed E-state index contributed by atoms with van der Waals surface area (Å²) in [6.45, 7) is 3.36. The number of amides is 2. The number of aliphatic hydroxyl groups is 1. The highest BCUT2D eigenvalue weighted by atomic mass is 16.5. The minimum absolute atomic E-state index is 0.00520. The van der Waals surface area contributed by atoms with E-state index in [4.69, 9.17) is 4.74 Å². The second-order valence-electron chi connectivity index (χ2n) is 14.0. The summed E-state index contributed by atoms with van der Waals surface area (Å²) in [5.74, 6) is -1.42. The lowest BCUT2D eigenvalue weighted by Gasteiger charge is -2.43. The molecular weight excluding hydrogens is 660 g/mol. The van der Waals surface area contributed by atoms with Gasteiger partial charge in [0.1, 0.15) is 12.0 Å². The first-order valence-electron chi connectivity index (χ1n) is 17.6. The monoisotopic (exact) mass is 702 g/mol. The van der Waals surface area contributed by atoms with Crippen LogP contribution in [0.15, 0.2) is 90.2 Å². The van der Waals surface area contributed by atoms with Crippen molar-refractivity contribution in [1.82, 2.24) is 28.9 Å². The number of hydrogen-bond donors (Lipinski definition) is 1. The molecule has 0 radical (unpaired) electrons. The summed E-state index contributed by atoms with van der Waals surface area (Å²) < 4.78 is 8.25. The number of fused-ring (bicyclic) bond motifs is 1. The molecule has 0 bridgehead atoms. The van der Waals surface area contributed by atoms with Crippen LogP contribution in [0.2, 0.25) is 0 Å². The number of pyridine rings is 1. The maximum atomic E-state index is 14.2. The Bertz CT molecular complexity index is 2190. The Morgan fingerprint density at radius 3 is 2.38 bits per heavy atom. The fourth-order valence-corrected chi connectivity index (χ4v) is 7.59. The van der Waals surface area contributed by atoms with Crippen molar-refractivity contribution < 1.29 is 24.2 Å². The molecule has 0 aliphatic carbocycles. The molecule has 0 unspecified atom stereocenters. The van der Waals surface area contributed by atoms with Crippen LogP contribution in [-0.2, 0) is 23.1 Å². The predicted molar refractivity (Wildman–Crippen MR) is 195 cm³/mol. The third kappa shape index (κ3) is 6.85. The first-order valence-corrected chi connectivity index (χ1v) is 17.6. The van der Waals surface area contributed by atoms with Gasteiger partial charge in [0, 0.05) is 74.3 Å². The van der Waals surface area contributed by atoms with Gasteiger partial charge in [-0.1, -0.05) is 36.4 Å². The fourth-order valence-electron chi connectivity index (χ4n) is 7.59. The van der Waals surface area contributed by atoms with Gasteiger partial charge in [-0.3, -0.25) is 23.9 Å². The molecule has 2 aromatic carbocycles. The Morgan fingerprint density at radius 2 is 1.67 bits per heavy atom. The topological polar surface area (TPSA) is 140 Å². The molecule has 12 nitrogen and oxygen atoms in total. The molecule has 2 saturated heterocycles. The number of esters is 1. The second kappa shape index (κ2) is 14.2. The predicted octanol–water partition coefficient (Wildman–Crippen LogP) is 4.19. The van der Waals surface area contributed by atoms with E-state index in [2.05, 4.69) is 9.97 Å². The molecule has 268 valence electrons. The summed E-state index contributed by atoms with van der Waals surface area (Å²) in [4.78, 5) is 66.6. The van der Waals surface area contributed by atoms with Crippen molar-refractivity contribution in [2.24, 2.45) is 13.0 Å². The lowest BCUT2D eigenvalue weighted by molar-refractivity contribution is -0.142. The van der Waals surface area contributed by atoms with Gasteiger partial charge in [-0.15, -0.1) is 0 Å². The SMILES string of the molecule is COC(=O)c1cc(C(=O)N2CC[C@@H](C(=O)N3CCC(O)(Cn4cnc5c(ccn5C)c4=O)CC3)[C@H](c3ccccc3)C2)cc(-c2ccc(C)nc2)c1. The average Bonchev–Trinajstić information content (AvgIpc) is 3.56. The molecule has 7 rings (SSSR count). The minimum Gasteiger partial charge on any atom is -0.465 e. The second-order valence-corrected chi connectivity index (χ2v) is 14.0. The first kappa shape index (κ1) is 34.8. The number of nitrogens with zero attached hydrogens (tertiary/aromatic N) is 6. The van der Waals surface area contributed by atoms with Crippen LogP contribution >= 0.6 is 0 Å². The Balaban J connectivity index is 1.08. The summed E-state index contributed by atoms with van der Waals surface area (Å²) in [6.07, 6.45) is 6.07. The molecule has 2 amide bonds. The molecule has 0 saturated carbocycles. The summed E-state index contributed by atoms with van der Waals surface area (Å²) in [7, 11) is 3.14. The van der Waals surface area contributed by atoms with Crippen molar-refractivity contribution in [2.75, 3.05) is 33.3 Å². The normalized spacial score (nSPS) is 18.7. The number of ether oxygens (including phenoxy) is 1. The lowest BCUT2D eigenvalue weighted by atomic mass is 9.79. The molecule has 2 fully saturated rings. The molecule has 5 heterocycles. The molecule has 3 aromatic heterocycles. The van der Waals surface area contributed by atoms with E-state index < -0.39 is 11.6 Å². The van der Waals surface area contributed by atoms with Crippen LogP contribution in [0.5, 0.6) is 0 Å². The average molecular weight is 703 g/mol. The van der Waals surface area contributed by atoms with Gasteiger partial charge in [0.05, 0.1) is 30.2 Å². The van der Waals surface area contributed by atoms with Gasteiger partial charge in [-0.2, -0.15) is 0 Å². The Morgan fingerprint density at radius 1 is 0.923 bits per heavy atom. The summed E-state index contributed by atoms with van der Waals surface area (Å²) in [6, 6.07) is 20.3. The van der Waals surface area contributed by atoms with Crippen LogP contribution in [0.3, 0.4) is 0 Å². The number of carbonyl (C=O) groups excluding carboxylic acids is 3. The van der Waals surface area contributed by atoms with Crippen molar-refractivity contribution in [3.05, 3.63) is 118 Å². The molecule has 0 spiro atoms. The molecule has 5 aromatic rings. The van der Waals surface area contributed by atoms with Gasteiger partial charge in [-0.25, -0.2) is 9.78 Å². The lowest BCUT2D eigenvalue weighted by Crippen LogP contribution is -2.53. The number of methoxy groups -OCH3 is 1. The molecule has 2 aliphatic rings. The number of aryl methyl sites for hydroxylation is 2. The zero-order chi connectivity index (χ0) is 36.6.